The first kappa shape index (κ1) is 16.0. The van der Waals surface area contributed by atoms with Crippen molar-refractivity contribution in [1.29, 1.82) is 0 Å². The van der Waals surface area contributed by atoms with Crippen molar-refractivity contribution in [1.82, 2.24) is 4.90 Å². The Kier molecular flexibility index (Phi) is 6.75. The number of hydrogen-bond acceptors (Lipinski definition) is 1. The monoisotopic (exact) mass is 345 g/mol. The van der Waals surface area contributed by atoms with Crippen LogP contribution < -0.4 is 4.46 Å². The molecule has 0 amide bonds. The Morgan fingerprint density at radius 1 is 1.05 bits per heavy atom. The summed E-state index contributed by atoms with van der Waals surface area (Å²) in [5, 5.41) is 0. The van der Waals surface area contributed by atoms with E-state index < -0.39 is 0 Å². The number of hydrogen-bond donors (Lipinski definition) is 0. The first-order valence-corrected chi connectivity index (χ1v) is 9.21. The van der Waals surface area contributed by atoms with E-state index in [1.807, 2.05) is 6.08 Å². The molecule has 2 rings (SSSR count). The Morgan fingerprint density at radius 2 is 1.67 bits per heavy atom. The van der Waals surface area contributed by atoms with Crippen LogP contribution in [0.2, 0.25) is 4.82 Å². The van der Waals surface area contributed by atoms with Crippen molar-refractivity contribution in [2.24, 2.45) is 0 Å². The molecule has 1 nitrogen and oxygen atoms in total. The van der Waals surface area contributed by atoms with Gasteiger partial charge >= 0.3 is 135 Å². The van der Waals surface area contributed by atoms with Crippen LogP contribution in [-0.4, -0.2) is 32.9 Å². The molecule has 2 heteroatoms. The molecular weight excluding hydrogens is 321 g/mol. The summed E-state index contributed by atoms with van der Waals surface area (Å²) < 4.78 is 1.48. The van der Waals surface area contributed by atoms with Gasteiger partial charge in [0.15, 0.2) is 0 Å². The van der Waals surface area contributed by atoms with Gasteiger partial charge in [0, 0.05) is 0 Å². The van der Waals surface area contributed by atoms with Gasteiger partial charge in [-0.2, -0.15) is 0 Å². The molecule has 2 aromatic rings. The molecule has 0 saturated carbocycles. The topological polar surface area (TPSA) is 3.24 Å². The maximum atomic E-state index is 3.90. The van der Waals surface area contributed by atoms with Crippen molar-refractivity contribution in [3.8, 4) is 0 Å². The third kappa shape index (κ3) is 5.89. The van der Waals surface area contributed by atoms with Crippen LogP contribution in [0.4, 0.5) is 0 Å². The van der Waals surface area contributed by atoms with Crippen LogP contribution in [0.25, 0.3) is 0 Å². The summed E-state index contributed by atoms with van der Waals surface area (Å²) in [6.45, 7) is 9.32. The van der Waals surface area contributed by atoms with Crippen LogP contribution in [0.5, 0.6) is 0 Å². The number of benzene rings is 2. The van der Waals surface area contributed by atoms with Crippen molar-refractivity contribution in [3.63, 3.8) is 0 Å². The number of nitrogens with zero attached hydrogens (tertiary/aromatic N) is 1. The minimum absolute atomic E-state index is 0.525. The fourth-order valence-corrected chi connectivity index (χ4v) is 4.59. The van der Waals surface area contributed by atoms with Crippen molar-refractivity contribution < 1.29 is 0 Å². The van der Waals surface area contributed by atoms with E-state index in [0.717, 1.165) is 19.6 Å². The predicted octanol–water partition coefficient (Wildman–Crippen LogP) is 3.51. The second kappa shape index (κ2) is 8.84. The SMILES string of the molecule is C=CCN(Cc1ccccc1)CC(C)[Se]c1ccccc1. The molecule has 0 N–H and O–H groups in total. The Bertz CT molecular complexity index is 524. The molecule has 0 aromatic heterocycles. The summed E-state index contributed by atoms with van der Waals surface area (Å²) in [4.78, 5) is 3.18. The average Bonchev–Trinajstić information content (AvgIpc) is 2.49. The molecule has 1 unspecified atom stereocenters. The summed E-state index contributed by atoms with van der Waals surface area (Å²) in [5.74, 6) is 0. The molecule has 0 aliphatic carbocycles. The van der Waals surface area contributed by atoms with Crippen LogP contribution in [0, 0.1) is 0 Å². The summed E-state index contributed by atoms with van der Waals surface area (Å²) in [7, 11) is 0. The Balaban J connectivity index is 1.91. The van der Waals surface area contributed by atoms with Crippen LogP contribution >= 0.6 is 0 Å². The van der Waals surface area contributed by atoms with Gasteiger partial charge < -0.3 is 0 Å². The Hall–Kier alpha value is -1.34. The molecular formula is C19H23NSe. The molecule has 0 aliphatic heterocycles. The fraction of sp³-hybridized carbons (Fsp3) is 0.263. The van der Waals surface area contributed by atoms with Gasteiger partial charge in [-0.3, -0.25) is 0 Å². The molecule has 0 aliphatic rings. The molecule has 0 saturated heterocycles. The minimum atomic E-state index is 0.525. The first-order chi connectivity index (χ1) is 10.3. The van der Waals surface area contributed by atoms with Crippen molar-refractivity contribution >= 4 is 19.4 Å². The van der Waals surface area contributed by atoms with Gasteiger partial charge in [0.25, 0.3) is 0 Å². The van der Waals surface area contributed by atoms with E-state index in [1.54, 1.807) is 0 Å². The van der Waals surface area contributed by atoms with E-state index in [2.05, 4.69) is 79.1 Å². The van der Waals surface area contributed by atoms with E-state index in [9.17, 15) is 0 Å². The van der Waals surface area contributed by atoms with Crippen LogP contribution in [0.15, 0.2) is 73.3 Å². The standard InChI is InChI=1S/C19H23NSe/c1-3-14-20(16-18-10-6-4-7-11-18)15-17(2)21-19-12-8-5-9-13-19/h3-13,17H,1,14-16H2,2H3. The Morgan fingerprint density at radius 3 is 2.29 bits per heavy atom. The second-order valence-corrected chi connectivity index (χ2v) is 8.38. The molecule has 0 heterocycles. The normalized spacial score (nSPS) is 12.3. The molecule has 2 aromatic carbocycles. The quantitative estimate of drug-likeness (QED) is 0.523. The second-order valence-electron chi connectivity index (χ2n) is 5.21. The molecule has 0 radical (unpaired) electrons. The van der Waals surface area contributed by atoms with Crippen molar-refractivity contribution in [3.05, 3.63) is 78.9 Å². The van der Waals surface area contributed by atoms with Gasteiger partial charge in [-0.05, 0) is 0 Å². The molecule has 0 spiro atoms. The summed E-state index contributed by atoms with van der Waals surface area (Å²) in [5.41, 5.74) is 1.37. The van der Waals surface area contributed by atoms with Gasteiger partial charge in [-0.15, -0.1) is 0 Å². The zero-order valence-electron chi connectivity index (χ0n) is 12.6. The maximum absolute atomic E-state index is 3.90. The molecule has 0 bridgehead atoms. The summed E-state index contributed by atoms with van der Waals surface area (Å²) in [6.07, 6.45) is 2.01. The summed E-state index contributed by atoms with van der Waals surface area (Å²) in [6, 6.07) is 21.5. The van der Waals surface area contributed by atoms with Gasteiger partial charge in [0.2, 0.25) is 0 Å². The van der Waals surface area contributed by atoms with Gasteiger partial charge in [-0.1, -0.05) is 0 Å². The zero-order chi connectivity index (χ0) is 14.9. The number of rotatable bonds is 8. The molecule has 0 fully saturated rings. The predicted molar refractivity (Wildman–Crippen MR) is 93.2 cm³/mol. The van der Waals surface area contributed by atoms with Gasteiger partial charge in [0.05, 0.1) is 0 Å². The Labute approximate surface area is 134 Å². The van der Waals surface area contributed by atoms with Crippen LogP contribution in [0.3, 0.4) is 0 Å². The van der Waals surface area contributed by atoms with Crippen LogP contribution in [0.1, 0.15) is 12.5 Å². The molecule has 1 atom stereocenters. The molecule has 110 valence electrons. The van der Waals surface area contributed by atoms with Gasteiger partial charge in [-0.25, -0.2) is 0 Å². The van der Waals surface area contributed by atoms with Crippen LogP contribution in [-0.2, 0) is 6.54 Å². The van der Waals surface area contributed by atoms with E-state index in [1.165, 1.54) is 10.0 Å². The van der Waals surface area contributed by atoms with Crippen molar-refractivity contribution in [2.75, 3.05) is 13.1 Å². The fourth-order valence-electron chi connectivity index (χ4n) is 2.36. The first-order valence-electron chi connectivity index (χ1n) is 7.37. The molecule has 21 heavy (non-hydrogen) atoms. The van der Waals surface area contributed by atoms with E-state index in [4.69, 9.17) is 0 Å². The van der Waals surface area contributed by atoms with Crippen molar-refractivity contribution in [2.45, 2.75) is 18.3 Å². The zero-order valence-corrected chi connectivity index (χ0v) is 14.3. The van der Waals surface area contributed by atoms with E-state index in [-0.39, 0.29) is 0 Å². The summed E-state index contributed by atoms with van der Waals surface area (Å²) >= 11 is 0.525. The third-order valence-corrected chi connectivity index (χ3v) is 5.53. The average molecular weight is 344 g/mol. The van der Waals surface area contributed by atoms with E-state index >= 15 is 0 Å². The van der Waals surface area contributed by atoms with E-state index in [0.29, 0.717) is 19.8 Å². The van der Waals surface area contributed by atoms with Gasteiger partial charge in [0.1, 0.15) is 0 Å². The third-order valence-electron chi connectivity index (χ3n) is 3.23.